The van der Waals surface area contributed by atoms with Crippen LogP contribution in [-0.2, 0) is 19.1 Å². The zero-order valence-electron chi connectivity index (χ0n) is 7.89. The summed E-state index contributed by atoms with van der Waals surface area (Å²) in [6, 6.07) is 0. The molecule has 0 heterocycles. The Morgan fingerprint density at radius 1 is 1.64 bits per heavy atom. The predicted octanol–water partition coefficient (Wildman–Crippen LogP) is 0.00757. The zero-order chi connectivity index (χ0) is 11.6. The van der Waals surface area contributed by atoms with Crippen molar-refractivity contribution < 1.29 is 17.4 Å². The molecule has 82 valence electrons. The third-order valence-corrected chi connectivity index (χ3v) is 2.15. The van der Waals surface area contributed by atoms with Gasteiger partial charge in [0.05, 0.1) is 5.75 Å². The van der Waals surface area contributed by atoms with E-state index in [4.69, 9.17) is 5.41 Å². The van der Waals surface area contributed by atoms with Gasteiger partial charge in [-0.05, 0) is 12.5 Å². The van der Waals surface area contributed by atoms with Gasteiger partial charge in [0.15, 0.2) is 6.40 Å². The molecule has 3 N–H and O–H groups in total. The van der Waals surface area contributed by atoms with Gasteiger partial charge in [-0.25, -0.2) is 0 Å². The maximum atomic E-state index is 10.5. The molecule has 0 unspecified atom stereocenters. The average Bonchev–Trinajstić information content (AvgIpc) is 2.05. The molecule has 0 atom stereocenters. The van der Waals surface area contributed by atoms with Crippen LogP contribution in [0.3, 0.4) is 0 Å². The summed E-state index contributed by atoms with van der Waals surface area (Å²) in [5.41, 5.74) is 4.53. The first-order valence-electron chi connectivity index (χ1n) is 3.71. The number of amides is 1. The Morgan fingerprint density at radius 2 is 2.07 bits per heavy atom. The number of nitrogens with one attached hydrogen (secondary N) is 1. The highest BCUT2D eigenvalue weighted by Crippen LogP contribution is 1.91. The molecule has 0 saturated heterocycles. The molecule has 0 radical (unpaired) electrons. The van der Waals surface area contributed by atoms with Gasteiger partial charge in [0.1, 0.15) is 0 Å². The molecule has 14 heavy (non-hydrogen) atoms. The number of hydrogen-bond acceptors (Lipinski definition) is 5. The second-order valence-corrected chi connectivity index (χ2v) is 3.80. The molecule has 0 rings (SSSR count). The third-order valence-electron chi connectivity index (χ3n) is 0.850. The summed E-state index contributed by atoms with van der Waals surface area (Å²) in [6.45, 7) is 4.81. The fourth-order valence-electron chi connectivity index (χ4n) is 0.371. The second-order valence-electron chi connectivity index (χ2n) is 2.08. The van der Waals surface area contributed by atoms with E-state index in [1.807, 2.05) is 0 Å². The zero-order valence-corrected chi connectivity index (χ0v) is 8.71. The quantitative estimate of drug-likeness (QED) is 0.295. The highest BCUT2D eigenvalue weighted by molar-refractivity contribution is 7.87. The van der Waals surface area contributed by atoms with E-state index in [2.05, 4.69) is 16.5 Å². The van der Waals surface area contributed by atoms with Gasteiger partial charge >= 0.3 is 10.1 Å². The Kier molecular flexibility index (Phi) is 8.90. The van der Waals surface area contributed by atoms with E-state index in [1.165, 1.54) is 0 Å². The Bertz CT molecular complexity index is 284. The van der Waals surface area contributed by atoms with Crippen molar-refractivity contribution in [3.63, 3.8) is 0 Å². The molecule has 1 amide bonds. The minimum absolute atomic E-state index is 0.0254. The molecule has 0 aromatic heterocycles. The van der Waals surface area contributed by atoms with Crippen LogP contribution in [0.5, 0.6) is 0 Å². The molecule has 0 bridgehead atoms. The van der Waals surface area contributed by atoms with Crippen molar-refractivity contribution in [2.75, 3.05) is 5.75 Å². The van der Waals surface area contributed by atoms with Crippen molar-refractivity contribution in [2.24, 2.45) is 5.73 Å². The van der Waals surface area contributed by atoms with E-state index in [0.29, 0.717) is 12.8 Å². The lowest BCUT2D eigenvalue weighted by molar-refractivity contribution is -0.113. The van der Waals surface area contributed by atoms with Crippen molar-refractivity contribution >= 4 is 22.4 Å². The van der Waals surface area contributed by atoms with Gasteiger partial charge in [0, 0.05) is 0 Å². The summed E-state index contributed by atoms with van der Waals surface area (Å²) < 4.78 is 24.9. The monoisotopic (exact) mass is 222 g/mol. The Balaban J connectivity index is 0. The van der Waals surface area contributed by atoms with Crippen LogP contribution in [0.15, 0.2) is 12.7 Å². The Labute approximate surface area is 83.4 Å². The van der Waals surface area contributed by atoms with Crippen LogP contribution in [0.2, 0.25) is 0 Å². The number of carbonyl (C=O) groups excluding carboxylic acids is 1. The average molecular weight is 222 g/mol. The molecule has 0 spiro atoms. The molecule has 0 aromatic carbocycles. The summed E-state index contributed by atoms with van der Waals surface area (Å²) in [6.07, 6.45) is 1.99. The molecule has 0 aliphatic rings. The van der Waals surface area contributed by atoms with Crippen LogP contribution >= 0.6 is 0 Å². The first kappa shape index (κ1) is 15.1. The standard InChI is InChI=1S/C4H9NO3S.C3H5NO/c1-2-3-9(6,7)8-4-5;1-2-3(4)5/h4-5H,2-3H2,1H3;2H,1H2,(H2,4,5). The molecule has 6 nitrogen and oxygen atoms in total. The molecule has 0 fully saturated rings. The smallest absolute Gasteiger partial charge is 0.310 e. The minimum Gasteiger partial charge on any atom is -0.371 e. The molecule has 0 saturated carbocycles. The summed E-state index contributed by atoms with van der Waals surface area (Å²) in [7, 11) is -3.42. The molecule has 0 aromatic rings. The van der Waals surface area contributed by atoms with Crippen molar-refractivity contribution in [3.05, 3.63) is 12.7 Å². The SMILES string of the molecule is C=CC(N)=O.CCCS(=O)(=O)OC=N. The number of primary amides is 1. The molecule has 0 aliphatic heterocycles. The van der Waals surface area contributed by atoms with Gasteiger partial charge < -0.3 is 9.92 Å². The van der Waals surface area contributed by atoms with Gasteiger partial charge in [0.2, 0.25) is 5.91 Å². The fraction of sp³-hybridized carbons (Fsp3) is 0.429. The van der Waals surface area contributed by atoms with Crippen molar-refractivity contribution in [3.8, 4) is 0 Å². The first-order chi connectivity index (χ1) is 6.39. The largest absolute Gasteiger partial charge is 0.371 e. The van der Waals surface area contributed by atoms with Crippen molar-refractivity contribution in [2.45, 2.75) is 13.3 Å². The minimum atomic E-state index is -3.42. The van der Waals surface area contributed by atoms with Crippen LogP contribution in [0, 0.1) is 5.41 Å². The number of nitrogens with two attached hydrogens (primary N) is 1. The van der Waals surface area contributed by atoms with Gasteiger partial charge in [0.25, 0.3) is 0 Å². The van der Waals surface area contributed by atoms with Gasteiger partial charge in [-0.15, -0.1) is 0 Å². The number of hydrogen-bond donors (Lipinski definition) is 2. The highest BCUT2D eigenvalue weighted by Gasteiger charge is 2.05. The summed E-state index contributed by atoms with van der Waals surface area (Å²) in [5, 5.41) is 6.31. The van der Waals surface area contributed by atoms with Crippen LogP contribution in [-0.4, -0.2) is 26.5 Å². The van der Waals surface area contributed by atoms with Gasteiger partial charge in [-0.1, -0.05) is 13.5 Å². The maximum absolute atomic E-state index is 10.5. The maximum Gasteiger partial charge on any atom is 0.310 e. The van der Waals surface area contributed by atoms with Crippen LogP contribution in [0.4, 0.5) is 0 Å². The summed E-state index contributed by atoms with van der Waals surface area (Å²) >= 11 is 0. The molecular weight excluding hydrogens is 208 g/mol. The van der Waals surface area contributed by atoms with Crippen LogP contribution < -0.4 is 5.73 Å². The lowest BCUT2D eigenvalue weighted by Crippen LogP contribution is -2.07. The van der Waals surface area contributed by atoms with Gasteiger partial charge in [-0.3, -0.25) is 10.2 Å². The second kappa shape index (κ2) is 8.24. The van der Waals surface area contributed by atoms with Gasteiger partial charge in [-0.2, -0.15) is 8.42 Å². The Hall–Kier alpha value is -1.37. The lowest BCUT2D eigenvalue weighted by atomic mass is 10.6. The Morgan fingerprint density at radius 3 is 2.29 bits per heavy atom. The number of rotatable bonds is 5. The molecule has 0 aliphatic carbocycles. The van der Waals surface area contributed by atoms with E-state index in [9.17, 15) is 13.2 Å². The summed E-state index contributed by atoms with van der Waals surface area (Å²) in [4.78, 5) is 9.47. The topological polar surface area (TPSA) is 110 Å². The molecule has 7 heteroatoms. The van der Waals surface area contributed by atoms with E-state index >= 15 is 0 Å². The summed E-state index contributed by atoms with van der Waals surface area (Å²) in [5.74, 6) is -0.507. The highest BCUT2D eigenvalue weighted by atomic mass is 32.2. The third kappa shape index (κ3) is 13.2. The van der Waals surface area contributed by atoms with Crippen LogP contribution in [0.25, 0.3) is 0 Å². The van der Waals surface area contributed by atoms with E-state index < -0.39 is 16.0 Å². The van der Waals surface area contributed by atoms with E-state index in [-0.39, 0.29) is 5.75 Å². The number of carbonyl (C=O) groups is 1. The lowest BCUT2D eigenvalue weighted by Gasteiger charge is -1.96. The predicted molar refractivity (Wildman–Crippen MR) is 53.3 cm³/mol. The fourth-order valence-corrected chi connectivity index (χ4v) is 1.11. The van der Waals surface area contributed by atoms with Crippen molar-refractivity contribution in [1.82, 2.24) is 0 Å². The van der Waals surface area contributed by atoms with Crippen LogP contribution in [0.1, 0.15) is 13.3 Å². The van der Waals surface area contributed by atoms with E-state index in [1.54, 1.807) is 6.92 Å². The van der Waals surface area contributed by atoms with Crippen molar-refractivity contribution in [1.29, 1.82) is 5.41 Å². The molecular formula is C7H14N2O4S. The first-order valence-corrected chi connectivity index (χ1v) is 5.29. The van der Waals surface area contributed by atoms with E-state index in [0.717, 1.165) is 6.08 Å². The normalized spacial score (nSPS) is 9.21.